The van der Waals surface area contributed by atoms with Crippen LogP contribution < -0.4 is 0 Å². The molecule has 3 heteroatoms. The van der Waals surface area contributed by atoms with E-state index in [9.17, 15) is 9.90 Å². The normalized spacial score (nSPS) is 45.6. The van der Waals surface area contributed by atoms with Crippen LogP contribution in [0.15, 0.2) is 0 Å². The number of nitrogens with zero attached hydrogens (tertiary/aromatic N) is 1. The van der Waals surface area contributed by atoms with Gasteiger partial charge in [-0.15, -0.1) is 0 Å². The summed E-state index contributed by atoms with van der Waals surface area (Å²) in [5.41, 5.74) is -0.443. The van der Waals surface area contributed by atoms with Crippen LogP contribution in [0.4, 0.5) is 0 Å². The number of likely N-dealkylation sites (tertiary alicyclic amines) is 1. The molecule has 3 fully saturated rings. The third kappa shape index (κ3) is 1.70. The van der Waals surface area contributed by atoms with Gasteiger partial charge in [-0.25, -0.2) is 0 Å². The second-order valence-electron chi connectivity index (χ2n) is 6.40. The second-order valence-corrected chi connectivity index (χ2v) is 6.40. The zero-order valence-electron chi connectivity index (χ0n) is 10.7. The van der Waals surface area contributed by atoms with E-state index in [-0.39, 0.29) is 0 Å². The number of carbonyl (C=O) groups is 1. The van der Waals surface area contributed by atoms with Crippen LogP contribution >= 0.6 is 0 Å². The van der Waals surface area contributed by atoms with Crippen LogP contribution in [0.25, 0.3) is 0 Å². The minimum absolute atomic E-state index is 0.443. The molecule has 0 aromatic rings. The number of hydrogen-bond donors (Lipinski definition) is 1. The second kappa shape index (κ2) is 3.98. The van der Waals surface area contributed by atoms with Gasteiger partial charge in [-0.2, -0.15) is 0 Å². The number of fused-ring (bicyclic) bond motifs is 2. The van der Waals surface area contributed by atoms with Crippen molar-refractivity contribution in [2.45, 2.75) is 51.5 Å². The van der Waals surface area contributed by atoms with Gasteiger partial charge in [0.1, 0.15) is 0 Å². The van der Waals surface area contributed by atoms with Gasteiger partial charge in [0, 0.05) is 12.6 Å². The van der Waals surface area contributed by atoms with Crippen molar-refractivity contribution in [2.75, 3.05) is 13.1 Å². The van der Waals surface area contributed by atoms with Gasteiger partial charge in [0.2, 0.25) is 0 Å². The molecule has 17 heavy (non-hydrogen) atoms. The first-order valence-corrected chi connectivity index (χ1v) is 7.12. The molecule has 3 aliphatic rings. The number of aliphatic carboxylic acids is 1. The van der Waals surface area contributed by atoms with Crippen molar-refractivity contribution in [1.29, 1.82) is 0 Å². The smallest absolute Gasteiger partial charge is 0.310 e. The van der Waals surface area contributed by atoms with Gasteiger partial charge in [-0.05, 0) is 50.5 Å². The van der Waals surface area contributed by atoms with E-state index in [1.165, 1.54) is 25.7 Å². The van der Waals surface area contributed by atoms with E-state index in [4.69, 9.17) is 0 Å². The van der Waals surface area contributed by atoms with Gasteiger partial charge < -0.3 is 5.11 Å². The zero-order chi connectivity index (χ0) is 12.0. The summed E-state index contributed by atoms with van der Waals surface area (Å²) in [6, 6.07) is 0.710. The summed E-state index contributed by atoms with van der Waals surface area (Å²) in [4.78, 5) is 13.9. The molecule has 0 radical (unpaired) electrons. The van der Waals surface area contributed by atoms with Crippen LogP contribution in [0.5, 0.6) is 0 Å². The number of carboxylic acid groups (broad SMARTS) is 1. The lowest BCUT2D eigenvalue weighted by Crippen LogP contribution is -2.41. The van der Waals surface area contributed by atoms with Crippen molar-refractivity contribution in [3.05, 3.63) is 0 Å². The minimum atomic E-state index is -0.578. The molecule has 1 heterocycles. The standard InChI is InChI=1S/C14H23NO2/c1-2-14(13(16)17)5-6-15(9-14)12-8-10-3-4-11(12)7-10/h10-12H,2-9H2,1H3,(H,16,17). The van der Waals surface area contributed by atoms with Crippen LogP contribution in [0.3, 0.4) is 0 Å². The van der Waals surface area contributed by atoms with Crippen molar-refractivity contribution in [1.82, 2.24) is 4.90 Å². The Morgan fingerprint density at radius 3 is 2.71 bits per heavy atom. The summed E-state index contributed by atoms with van der Waals surface area (Å²) in [6.45, 7) is 3.83. The molecule has 0 spiro atoms. The Bertz CT molecular complexity index is 330. The topological polar surface area (TPSA) is 40.5 Å². The first kappa shape index (κ1) is 11.5. The Kier molecular flexibility index (Phi) is 2.69. The Labute approximate surface area is 103 Å². The highest BCUT2D eigenvalue weighted by atomic mass is 16.4. The Morgan fingerprint density at radius 1 is 1.41 bits per heavy atom. The highest BCUT2D eigenvalue weighted by Gasteiger charge is 2.49. The number of rotatable bonds is 3. The van der Waals surface area contributed by atoms with Gasteiger partial charge in [0.25, 0.3) is 0 Å². The van der Waals surface area contributed by atoms with Crippen molar-refractivity contribution in [2.24, 2.45) is 17.3 Å². The number of hydrogen-bond acceptors (Lipinski definition) is 2. The lowest BCUT2D eigenvalue weighted by atomic mass is 9.84. The fourth-order valence-electron chi connectivity index (χ4n) is 4.46. The van der Waals surface area contributed by atoms with E-state index in [0.717, 1.165) is 37.8 Å². The first-order chi connectivity index (χ1) is 8.14. The van der Waals surface area contributed by atoms with E-state index in [1.54, 1.807) is 0 Å². The van der Waals surface area contributed by atoms with E-state index in [2.05, 4.69) is 4.90 Å². The fourth-order valence-corrected chi connectivity index (χ4v) is 4.46. The fraction of sp³-hybridized carbons (Fsp3) is 0.929. The maximum absolute atomic E-state index is 11.4. The summed E-state index contributed by atoms with van der Waals surface area (Å²) in [6.07, 6.45) is 7.19. The highest BCUT2D eigenvalue weighted by molar-refractivity contribution is 5.75. The molecule has 1 saturated heterocycles. The minimum Gasteiger partial charge on any atom is -0.481 e. The maximum Gasteiger partial charge on any atom is 0.310 e. The molecule has 3 rings (SSSR count). The van der Waals surface area contributed by atoms with Gasteiger partial charge in [0.05, 0.1) is 5.41 Å². The lowest BCUT2D eigenvalue weighted by molar-refractivity contribution is -0.148. The molecule has 0 amide bonds. The SMILES string of the molecule is CCC1(C(=O)O)CCN(C2CC3CCC2C3)C1. The van der Waals surface area contributed by atoms with E-state index in [0.29, 0.717) is 6.04 Å². The summed E-state index contributed by atoms with van der Waals surface area (Å²) < 4.78 is 0. The lowest BCUT2D eigenvalue weighted by Gasteiger charge is -2.32. The molecular formula is C14H23NO2. The first-order valence-electron chi connectivity index (χ1n) is 7.12. The van der Waals surface area contributed by atoms with E-state index < -0.39 is 11.4 Å². The zero-order valence-corrected chi connectivity index (χ0v) is 10.7. The number of carboxylic acids is 1. The molecule has 2 aliphatic carbocycles. The van der Waals surface area contributed by atoms with Crippen LogP contribution in [-0.2, 0) is 4.79 Å². The summed E-state index contributed by atoms with van der Waals surface area (Å²) in [5.74, 6) is 1.25. The molecule has 3 nitrogen and oxygen atoms in total. The Balaban J connectivity index is 1.70. The summed E-state index contributed by atoms with van der Waals surface area (Å²) >= 11 is 0. The molecule has 4 unspecified atom stereocenters. The third-order valence-corrected chi connectivity index (χ3v) is 5.68. The van der Waals surface area contributed by atoms with Crippen molar-refractivity contribution in [3.63, 3.8) is 0 Å². The summed E-state index contributed by atoms with van der Waals surface area (Å²) in [5, 5.41) is 9.43. The van der Waals surface area contributed by atoms with Crippen LogP contribution in [0, 0.1) is 17.3 Å². The average Bonchev–Trinajstić information content (AvgIpc) is 3.03. The average molecular weight is 237 g/mol. The Hall–Kier alpha value is -0.570. The van der Waals surface area contributed by atoms with E-state index in [1.807, 2.05) is 6.92 Å². The maximum atomic E-state index is 11.4. The van der Waals surface area contributed by atoms with Crippen LogP contribution in [-0.4, -0.2) is 35.1 Å². The van der Waals surface area contributed by atoms with Gasteiger partial charge >= 0.3 is 5.97 Å². The monoisotopic (exact) mass is 237 g/mol. The van der Waals surface area contributed by atoms with Crippen LogP contribution in [0.1, 0.15) is 45.4 Å². The quantitative estimate of drug-likeness (QED) is 0.819. The van der Waals surface area contributed by atoms with Gasteiger partial charge in [-0.3, -0.25) is 9.69 Å². The molecular weight excluding hydrogens is 214 g/mol. The van der Waals surface area contributed by atoms with Crippen molar-refractivity contribution in [3.8, 4) is 0 Å². The van der Waals surface area contributed by atoms with Gasteiger partial charge in [-0.1, -0.05) is 13.3 Å². The molecule has 2 saturated carbocycles. The molecule has 2 bridgehead atoms. The van der Waals surface area contributed by atoms with Gasteiger partial charge in [0.15, 0.2) is 0 Å². The van der Waals surface area contributed by atoms with Crippen LogP contribution in [0.2, 0.25) is 0 Å². The molecule has 1 N–H and O–H groups in total. The Morgan fingerprint density at radius 2 is 2.24 bits per heavy atom. The third-order valence-electron chi connectivity index (χ3n) is 5.68. The molecule has 96 valence electrons. The predicted octanol–water partition coefficient (Wildman–Crippen LogP) is 2.36. The van der Waals surface area contributed by atoms with Crippen molar-refractivity contribution < 1.29 is 9.90 Å². The van der Waals surface area contributed by atoms with E-state index >= 15 is 0 Å². The summed E-state index contributed by atoms with van der Waals surface area (Å²) in [7, 11) is 0. The molecule has 0 aromatic heterocycles. The molecule has 4 atom stereocenters. The molecule has 0 aromatic carbocycles. The largest absolute Gasteiger partial charge is 0.481 e. The highest BCUT2D eigenvalue weighted by Crippen LogP contribution is 2.49. The molecule has 1 aliphatic heterocycles. The predicted molar refractivity (Wildman–Crippen MR) is 65.8 cm³/mol. The van der Waals surface area contributed by atoms with Crippen molar-refractivity contribution >= 4 is 5.97 Å².